The highest BCUT2D eigenvalue weighted by atomic mass is 32.2. The van der Waals surface area contributed by atoms with Crippen molar-refractivity contribution in [3.63, 3.8) is 0 Å². The minimum Gasteiger partial charge on any atom is -0.332 e. The number of piperidine rings is 1. The average Bonchev–Trinajstić information content (AvgIpc) is 2.94. The predicted molar refractivity (Wildman–Crippen MR) is 106 cm³/mol. The van der Waals surface area contributed by atoms with E-state index < -0.39 is 15.1 Å². The van der Waals surface area contributed by atoms with Gasteiger partial charge in [0.25, 0.3) is 15.1 Å². The van der Waals surface area contributed by atoms with Crippen LogP contribution in [0.25, 0.3) is 0 Å². The maximum atomic E-state index is 12.6. The van der Waals surface area contributed by atoms with Crippen LogP contribution in [0.4, 0.5) is 0 Å². The second-order valence-electron chi connectivity index (χ2n) is 7.44. The molecule has 0 aliphatic carbocycles. The molecule has 1 aromatic rings. The molecule has 0 bridgehead atoms. The molecule has 150 valence electrons. The number of likely N-dealkylation sites (tertiary alicyclic amines) is 2. The van der Waals surface area contributed by atoms with Crippen LogP contribution in [-0.4, -0.2) is 62.0 Å². The van der Waals surface area contributed by atoms with Crippen molar-refractivity contribution < 1.29 is 18.0 Å². The summed E-state index contributed by atoms with van der Waals surface area (Å²) >= 11 is 0. The number of sulfonamides is 1. The van der Waals surface area contributed by atoms with Crippen molar-refractivity contribution in [2.24, 2.45) is 11.1 Å². The van der Waals surface area contributed by atoms with E-state index in [1.54, 1.807) is 24.1 Å². The molecular weight excluding hydrogens is 378 g/mol. The molecule has 2 saturated heterocycles. The van der Waals surface area contributed by atoms with Gasteiger partial charge in [0.2, 0.25) is 5.91 Å². The van der Waals surface area contributed by atoms with Gasteiger partial charge in [0.05, 0.1) is 12.0 Å². The van der Waals surface area contributed by atoms with Crippen LogP contribution in [-0.2, 0) is 14.8 Å². The van der Waals surface area contributed by atoms with Gasteiger partial charge in [-0.1, -0.05) is 30.4 Å². The third-order valence-electron chi connectivity index (χ3n) is 5.34. The van der Waals surface area contributed by atoms with Crippen LogP contribution in [0, 0.1) is 17.8 Å². The summed E-state index contributed by atoms with van der Waals surface area (Å²) in [5, 5.41) is 3.77. The Morgan fingerprint density at radius 3 is 2.64 bits per heavy atom. The van der Waals surface area contributed by atoms with Gasteiger partial charge in [-0.15, -0.1) is 0 Å². The normalized spacial score (nSPS) is 23.4. The Balaban J connectivity index is 1.70. The van der Waals surface area contributed by atoms with Crippen molar-refractivity contribution >= 4 is 21.0 Å². The Bertz CT molecular complexity index is 926. The zero-order valence-electron chi connectivity index (χ0n) is 15.9. The van der Waals surface area contributed by atoms with Gasteiger partial charge in [-0.3, -0.25) is 9.59 Å². The fourth-order valence-corrected chi connectivity index (χ4v) is 4.24. The third-order valence-corrected chi connectivity index (χ3v) is 6.09. The standard InChI is InChI=1S/C20H25N3O4S/c1-22-18(13-17(19(22)24)14-23-10-3-2-4-11-23)9-8-15-6-5-7-16(12-15)20(25)28(21,26)27/h5-7,12,17-18H,2-4,10-11,13-14H2,1H3,(H2,21,26,27). The molecular formula is C20H25N3O4S. The van der Waals surface area contributed by atoms with Crippen molar-refractivity contribution in [3.05, 3.63) is 35.4 Å². The molecule has 2 heterocycles. The topological polar surface area (TPSA) is 101 Å². The molecule has 7 nitrogen and oxygen atoms in total. The summed E-state index contributed by atoms with van der Waals surface area (Å²) in [6, 6.07) is 5.85. The molecule has 2 aliphatic rings. The number of rotatable bonds is 3. The summed E-state index contributed by atoms with van der Waals surface area (Å²) in [4.78, 5) is 28.4. The Labute approximate surface area is 165 Å². The molecule has 2 fully saturated rings. The SMILES string of the molecule is CN1C(=O)C(CN2CCCCC2)CC1C#Cc1cccc(C(=O)S(N)(=O)=O)c1. The van der Waals surface area contributed by atoms with Crippen molar-refractivity contribution in [1.82, 2.24) is 9.80 Å². The lowest BCUT2D eigenvalue weighted by Crippen LogP contribution is -2.37. The second-order valence-corrected chi connectivity index (χ2v) is 8.90. The first-order chi connectivity index (χ1) is 13.3. The number of carbonyl (C=O) groups is 2. The molecule has 2 aliphatic heterocycles. The van der Waals surface area contributed by atoms with Crippen LogP contribution in [0.3, 0.4) is 0 Å². The number of nitrogens with two attached hydrogens (primary N) is 1. The zero-order chi connectivity index (χ0) is 20.3. The van der Waals surface area contributed by atoms with E-state index in [0.29, 0.717) is 12.0 Å². The van der Waals surface area contributed by atoms with E-state index in [1.807, 2.05) is 0 Å². The lowest BCUT2D eigenvalue weighted by atomic mass is 10.0. The first-order valence-electron chi connectivity index (χ1n) is 9.43. The van der Waals surface area contributed by atoms with Gasteiger partial charge >= 0.3 is 0 Å². The molecule has 28 heavy (non-hydrogen) atoms. The van der Waals surface area contributed by atoms with Crippen molar-refractivity contribution in [3.8, 4) is 11.8 Å². The van der Waals surface area contributed by atoms with Crippen LogP contribution < -0.4 is 5.14 Å². The highest BCUT2D eigenvalue weighted by Crippen LogP contribution is 2.25. The summed E-state index contributed by atoms with van der Waals surface area (Å²) in [5.41, 5.74) is 0.489. The first-order valence-corrected chi connectivity index (χ1v) is 11.0. The Morgan fingerprint density at radius 1 is 1.25 bits per heavy atom. The van der Waals surface area contributed by atoms with Gasteiger partial charge in [0, 0.05) is 24.7 Å². The Kier molecular flexibility index (Phi) is 6.18. The number of primary sulfonamides is 1. The number of amides is 1. The quantitative estimate of drug-likeness (QED) is 0.753. The van der Waals surface area contributed by atoms with E-state index in [-0.39, 0.29) is 23.4 Å². The van der Waals surface area contributed by atoms with E-state index in [0.717, 1.165) is 19.6 Å². The van der Waals surface area contributed by atoms with Crippen LogP contribution >= 0.6 is 0 Å². The van der Waals surface area contributed by atoms with Crippen LogP contribution in [0.15, 0.2) is 24.3 Å². The molecule has 0 radical (unpaired) electrons. The predicted octanol–water partition coefficient (Wildman–Crippen LogP) is 0.800. The second kappa shape index (κ2) is 8.43. The number of carbonyl (C=O) groups excluding carboxylic acids is 2. The fourth-order valence-electron chi connectivity index (χ4n) is 3.79. The minimum absolute atomic E-state index is 0.0203. The van der Waals surface area contributed by atoms with Crippen LogP contribution in [0.1, 0.15) is 41.6 Å². The molecule has 2 atom stereocenters. The van der Waals surface area contributed by atoms with Crippen molar-refractivity contribution in [2.45, 2.75) is 31.7 Å². The number of hydrogen-bond acceptors (Lipinski definition) is 5. The third kappa shape index (κ3) is 4.79. The summed E-state index contributed by atoms with van der Waals surface area (Å²) in [5.74, 6) is 6.13. The summed E-state index contributed by atoms with van der Waals surface area (Å²) in [6.45, 7) is 2.88. The van der Waals surface area contributed by atoms with Crippen LogP contribution in [0.2, 0.25) is 0 Å². The molecule has 1 amide bonds. The lowest BCUT2D eigenvalue weighted by molar-refractivity contribution is -0.130. The molecule has 8 heteroatoms. The highest BCUT2D eigenvalue weighted by Gasteiger charge is 2.37. The van der Waals surface area contributed by atoms with E-state index >= 15 is 0 Å². The molecule has 1 aromatic carbocycles. The van der Waals surface area contributed by atoms with E-state index in [9.17, 15) is 18.0 Å². The van der Waals surface area contributed by atoms with Gasteiger partial charge in [-0.25, -0.2) is 13.6 Å². The summed E-state index contributed by atoms with van der Waals surface area (Å²) in [7, 11) is -2.52. The van der Waals surface area contributed by atoms with Gasteiger partial charge in [0.15, 0.2) is 0 Å². The maximum Gasteiger partial charge on any atom is 0.291 e. The van der Waals surface area contributed by atoms with Crippen molar-refractivity contribution in [1.29, 1.82) is 0 Å². The van der Waals surface area contributed by atoms with Gasteiger partial charge in [-0.05, 0) is 44.5 Å². The fraction of sp³-hybridized carbons (Fsp3) is 0.500. The molecule has 3 rings (SSSR count). The van der Waals surface area contributed by atoms with Gasteiger partial charge in [0.1, 0.15) is 0 Å². The van der Waals surface area contributed by atoms with Gasteiger partial charge in [-0.2, -0.15) is 0 Å². The zero-order valence-corrected chi connectivity index (χ0v) is 16.7. The lowest BCUT2D eigenvalue weighted by Gasteiger charge is -2.28. The van der Waals surface area contributed by atoms with E-state index in [2.05, 4.69) is 16.7 Å². The van der Waals surface area contributed by atoms with E-state index in [4.69, 9.17) is 5.14 Å². The summed E-state index contributed by atoms with van der Waals surface area (Å²) in [6.07, 6.45) is 4.31. The largest absolute Gasteiger partial charge is 0.332 e. The summed E-state index contributed by atoms with van der Waals surface area (Å²) < 4.78 is 22.5. The first kappa shape index (κ1) is 20.5. The molecule has 0 spiro atoms. The number of hydrogen-bond donors (Lipinski definition) is 1. The molecule has 0 saturated carbocycles. The smallest absolute Gasteiger partial charge is 0.291 e. The molecule has 2 unspecified atom stereocenters. The number of nitrogens with zero attached hydrogens (tertiary/aromatic N) is 2. The van der Waals surface area contributed by atoms with Gasteiger partial charge < -0.3 is 9.80 Å². The minimum atomic E-state index is -4.29. The Morgan fingerprint density at radius 2 is 1.96 bits per heavy atom. The average molecular weight is 404 g/mol. The van der Waals surface area contributed by atoms with Crippen LogP contribution in [0.5, 0.6) is 0 Å². The molecule has 2 N–H and O–H groups in total. The highest BCUT2D eigenvalue weighted by molar-refractivity contribution is 8.04. The Hall–Kier alpha value is -2.21. The molecule has 0 aromatic heterocycles. The maximum absolute atomic E-state index is 12.6. The monoisotopic (exact) mass is 403 g/mol. The van der Waals surface area contributed by atoms with E-state index in [1.165, 1.54) is 31.4 Å². The number of benzene rings is 1. The van der Waals surface area contributed by atoms with Crippen molar-refractivity contribution in [2.75, 3.05) is 26.7 Å².